The number of rotatable bonds is 15. The number of carbonyl (C=O) groups excluding carboxylic acids is 3. The molecule has 4 heterocycles. The van der Waals surface area contributed by atoms with Crippen LogP contribution < -0.4 is 19.7 Å². The van der Waals surface area contributed by atoms with E-state index >= 15 is 9.59 Å². The third-order valence-corrected chi connectivity index (χ3v) is 16.4. The van der Waals surface area contributed by atoms with Crippen LogP contribution in [0, 0.1) is 17.8 Å². The molecule has 6 N–H and O–H groups in total. The number of anilines is 1. The smallest absolute Gasteiger partial charge is 0.482 e. The Labute approximate surface area is 374 Å². The number of carbonyl (C=O) groups is 3. The summed E-state index contributed by atoms with van der Waals surface area (Å²) in [6.45, 7) is 14.4. The van der Waals surface area contributed by atoms with E-state index in [1.807, 2.05) is 39.8 Å². The molecule has 21 nitrogen and oxygen atoms in total. The van der Waals surface area contributed by atoms with Crippen LogP contribution >= 0.6 is 23.5 Å². The molecule has 65 heavy (non-hydrogen) atoms. The second-order valence-corrected chi connectivity index (χ2v) is 22.5. The first kappa shape index (κ1) is 48.7. The molecule has 1 aromatic heterocycles. The fourth-order valence-electron chi connectivity index (χ4n) is 10.2. The summed E-state index contributed by atoms with van der Waals surface area (Å²) in [4.78, 5) is 88.3. The van der Waals surface area contributed by atoms with Crippen LogP contribution in [0.2, 0.25) is 0 Å². The zero-order valence-electron chi connectivity index (χ0n) is 37.2. The topological polar surface area (TPSA) is 305 Å². The van der Waals surface area contributed by atoms with E-state index in [0.29, 0.717) is 12.8 Å². The van der Waals surface area contributed by atoms with Gasteiger partial charge in [-0.2, -0.15) is 8.62 Å². The molecule has 0 radical (unpaired) electrons. The predicted octanol–water partition coefficient (Wildman–Crippen LogP) is 6.43. The summed E-state index contributed by atoms with van der Waals surface area (Å²) in [5.74, 6) is -6.27. The number of fused-ring (bicyclic) bond motifs is 2. The summed E-state index contributed by atoms with van der Waals surface area (Å²) in [5.41, 5.74) is 1.61. The highest BCUT2D eigenvalue weighted by molar-refractivity contribution is 7.66. The Morgan fingerprint density at radius 3 is 2.25 bits per heavy atom. The summed E-state index contributed by atoms with van der Waals surface area (Å²) < 4.78 is 79.3. The van der Waals surface area contributed by atoms with Gasteiger partial charge in [-0.25, -0.2) is 28.2 Å². The lowest BCUT2D eigenvalue weighted by Gasteiger charge is -2.62. The molecule has 2 aromatic rings. The van der Waals surface area contributed by atoms with Gasteiger partial charge in [0.2, 0.25) is 5.95 Å². The van der Waals surface area contributed by atoms with Crippen LogP contribution in [-0.4, -0.2) is 81.4 Å². The molecule has 4 fully saturated rings. The molecule has 354 valence electrons. The Hall–Kier alpha value is -4.26. The van der Waals surface area contributed by atoms with Crippen molar-refractivity contribution in [2.75, 3.05) is 12.8 Å². The van der Waals surface area contributed by atoms with E-state index in [4.69, 9.17) is 29.2 Å². The molecule has 0 amide bonds. The summed E-state index contributed by atoms with van der Waals surface area (Å²) in [7, 11) is -16.7. The van der Waals surface area contributed by atoms with Gasteiger partial charge >= 0.3 is 29.4 Å². The van der Waals surface area contributed by atoms with Crippen LogP contribution in [0.3, 0.4) is 0 Å². The number of phosphoric acid groups is 3. The Morgan fingerprint density at radius 1 is 0.969 bits per heavy atom. The van der Waals surface area contributed by atoms with Crippen molar-refractivity contribution in [3.63, 3.8) is 0 Å². The van der Waals surface area contributed by atoms with Crippen LogP contribution in [0.5, 0.6) is 17.2 Å². The largest absolute Gasteiger partial charge is 0.536 e. The van der Waals surface area contributed by atoms with Gasteiger partial charge in [-0.3, -0.25) is 14.5 Å². The normalized spacial score (nSPS) is 30.1. The van der Waals surface area contributed by atoms with Gasteiger partial charge < -0.3 is 43.9 Å². The standard InChI is InChI=1S/C41H53N4O17P3/c1-21(2)11-10-16-39(8)17-15-25-32(57-39)24(13-12-22(3)4)33-28(34(25)59-64(52,53)62-65(54,55)61-63(49,50)51)31(46)29-30(45-20-43-37(42)44-45)26-19-27-38(6,7)60-40(35(26)47,41(27,29)58-33)18-14-23(5)36(48)56-9/h11-12,14-15,17,20,26-27,29-30H,10,13,16,18-19H2,1-9H3,(H2,42,44)(H,52,53)(H,54,55)(H2,49,50,51)/b23-14-. The molecule has 1 spiro atoms. The van der Waals surface area contributed by atoms with Gasteiger partial charge in [0.1, 0.15) is 29.0 Å². The molecule has 6 aliphatic rings. The number of ether oxygens (including phenoxy) is 4. The predicted molar refractivity (Wildman–Crippen MR) is 230 cm³/mol. The molecular formula is C41H53N4O17P3. The Bertz CT molecular complexity index is 2640. The average molecular weight is 967 g/mol. The van der Waals surface area contributed by atoms with Crippen molar-refractivity contribution in [3.05, 3.63) is 64.0 Å². The van der Waals surface area contributed by atoms with E-state index in [2.05, 4.69) is 18.7 Å². The molecule has 3 aliphatic carbocycles. The summed E-state index contributed by atoms with van der Waals surface area (Å²) in [6.07, 6.45) is 10.6. The molecule has 24 heteroatoms. The first-order chi connectivity index (χ1) is 30.0. The van der Waals surface area contributed by atoms with Crippen LogP contribution in [0.4, 0.5) is 5.95 Å². The third kappa shape index (κ3) is 8.54. The van der Waals surface area contributed by atoms with E-state index in [0.717, 1.165) is 11.1 Å². The van der Waals surface area contributed by atoms with Gasteiger partial charge in [-0.15, -0.1) is 5.10 Å². The number of hydrogen-bond donors (Lipinski definition) is 5. The molecule has 8 rings (SSSR count). The first-order valence-electron chi connectivity index (χ1n) is 20.6. The molecule has 1 saturated heterocycles. The highest BCUT2D eigenvalue weighted by Gasteiger charge is 2.86. The van der Waals surface area contributed by atoms with E-state index < -0.39 is 98.5 Å². The SMILES string of the molecule is COC(=O)/C(C)=C\CC12OC(C)(C)C3CC(C1=O)C(n1cnc(N)n1)C1C(=O)c4c(OP(=O)(O)OP(=O)(O)OP(=O)(O)O)c5c(c(CC=C(C)C)c4OC132)OC(C)(CCC=C(C)C)C=C5. The van der Waals surface area contributed by atoms with Gasteiger partial charge in [0, 0.05) is 29.4 Å². The number of aromatic nitrogens is 3. The lowest BCUT2D eigenvalue weighted by atomic mass is 9.45. The summed E-state index contributed by atoms with van der Waals surface area (Å²) in [6, 6.07) is -1.16. The van der Waals surface area contributed by atoms with Gasteiger partial charge in [-0.05, 0) is 93.2 Å². The third-order valence-electron chi connectivity index (χ3n) is 12.7. The van der Waals surface area contributed by atoms with Crippen molar-refractivity contribution in [3.8, 4) is 17.2 Å². The molecule has 1 aromatic carbocycles. The molecule has 4 bridgehead atoms. The van der Waals surface area contributed by atoms with E-state index in [9.17, 15) is 38.1 Å². The van der Waals surface area contributed by atoms with E-state index in [1.54, 1.807) is 26.8 Å². The highest BCUT2D eigenvalue weighted by atomic mass is 31.3. The minimum Gasteiger partial charge on any atom is -0.482 e. The Kier molecular flexibility index (Phi) is 12.4. The van der Waals surface area contributed by atoms with Crippen molar-refractivity contribution < 1.29 is 79.7 Å². The number of nitrogens with two attached hydrogens (primary N) is 1. The fraction of sp³-hybridized carbons (Fsp3) is 0.537. The van der Waals surface area contributed by atoms with Crippen molar-refractivity contribution >= 4 is 53.0 Å². The van der Waals surface area contributed by atoms with Crippen molar-refractivity contribution in [1.82, 2.24) is 14.8 Å². The molecule has 9 unspecified atom stereocenters. The lowest BCUT2D eigenvalue weighted by Crippen LogP contribution is -2.78. The fourth-order valence-corrected chi connectivity index (χ4v) is 13.2. The zero-order chi connectivity index (χ0) is 48.0. The summed E-state index contributed by atoms with van der Waals surface area (Å²) >= 11 is 0. The number of nitrogens with zero attached hydrogens (tertiary/aromatic N) is 3. The van der Waals surface area contributed by atoms with Gasteiger partial charge in [0.05, 0.1) is 30.2 Å². The van der Waals surface area contributed by atoms with Gasteiger partial charge in [0.25, 0.3) is 0 Å². The maximum atomic E-state index is 16.1. The molecule has 3 saturated carbocycles. The first-order valence-corrected chi connectivity index (χ1v) is 25.1. The quantitative estimate of drug-likeness (QED) is 0.0555. The second kappa shape index (κ2) is 16.5. The minimum atomic E-state index is -6.07. The van der Waals surface area contributed by atoms with Crippen LogP contribution in [0.25, 0.3) is 6.08 Å². The van der Waals surface area contributed by atoms with Crippen LogP contribution in [0.15, 0.2) is 47.4 Å². The zero-order valence-corrected chi connectivity index (χ0v) is 39.8. The van der Waals surface area contributed by atoms with E-state index in [1.165, 1.54) is 37.2 Å². The van der Waals surface area contributed by atoms with Crippen molar-refractivity contribution in [2.45, 2.75) is 116 Å². The maximum Gasteiger partial charge on any atom is 0.536 e. The molecule has 9 atom stereocenters. The number of phosphoric ester groups is 1. The second-order valence-electron chi connectivity index (χ2n) is 18.2. The molecule has 3 aliphatic heterocycles. The number of ketones is 2. The van der Waals surface area contributed by atoms with Gasteiger partial charge in [-0.1, -0.05) is 29.4 Å². The number of nitrogen functional groups attached to an aromatic ring is 1. The van der Waals surface area contributed by atoms with Crippen LogP contribution in [0.1, 0.15) is 109 Å². The van der Waals surface area contributed by atoms with E-state index in [-0.39, 0.29) is 53.4 Å². The Balaban J connectivity index is 1.56. The van der Waals surface area contributed by atoms with Crippen molar-refractivity contribution in [1.29, 1.82) is 0 Å². The number of benzene rings is 1. The molecular weight excluding hydrogens is 913 g/mol. The lowest BCUT2D eigenvalue weighted by molar-refractivity contribution is -0.209. The Morgan fingerprint density at radius 2 is 1.65 bits per heavy atom. The van der Waals surface area contributed by atoms with Gasteiger partial charge in [0.15, 0.2) is 28.5 Å². The van der Waals surface area contributed by atoms with Crippen LogP contribution in [-0.2, 0) is 47.8 Å². The maximum absolute atomic E-state index is 16.1. The average Bonchev–Trinajstić information content (AvgIpc) is 3.66. The highest BCUT2D eigenvalue weighted by Crippen LogP contribution is 2.73. The number of Topliss-reactive ketones (excluding diaryl/α,β-unsaturated/α-hetero) is 2. The number of hydrogen-bond acceptors (Lipinski definition) is 16. The monoisotopic (exact) mass is 966 g/mol. The number of esters is 1. The minimum absolute atomic E-state index is 0.0131. The number of methoxy groups -OCH3 is 1. The number of allylic oxidation sites excluding steroid dienone is 4. The summed E-state index contributed by atoms with van der Waals surface area (Å²) in [5, 5.41) is 4.34. The van der Waals surface area contributed by atoms with Crippen molar-refractivity contribution in [2.24, 2.45) is 17.8 Å².